The molecule has 0 amide bonds. The predicted molar refractivity (Wildman–Crippen MR) is 93.4 cm³/mol. The first kappa shape index (κ1) is 18.2. The third-order valence-electron chi connectivity index (χ3n) is 5.18. The molecule has 4 heteroatoms. The van der Waals surface area contributed by atoms with Crippen molar-refractivity contribution in [2.75, 3.05) is 52.4 Å². The lowest BCUT2D eigenvalue weighted by atomic mass is 10.1. The second-order valence-corrected chi connectivity index (χ2v) is 8.90. The number of likely N-dealkylation sites (tertiary alicyclic amines) is 1. The zero-order valence-electron chi connectivity index (χ0n) is 15.7. The third-order valence-corrected chi connectivity index (χ3v) is 5.18. The lowest BCUT2D eigenvalue weighted by Crippen LogP contribution is -2.53. The van der Waals surface area contributed by atoms with Gasteiger partial charge in [-0.15, -0.1) is 0 Å². The first-order valence-corrected chi connectivity index (χ1v) is 9.00. The highest BCUT2D eigenvalue weighted by Gasteiger charge is 2.31. The summed E-state index contributed by atoms with van der Waals surface area (Å²) in [6.45, 7) is 22.8. The van der Waals surface area contributed by atoms with E-state index in [0.29, 0.717) is 11.6 Å². The van der Waals surface area contributed by atoms with Crippen LogP contribution in [-0.4, -0.2) is 84.3 Å². The third kappa shape index (κ3) is 5.19. The summed E-state index contributed by atoms with van der Waals surface area (Å²) in [4.78, 5) is 7.68. The molecule has 1 unspecified atom stereocenters. The van der Waals surface area contributed by atoms with E-state index in [1.54, 1.807) is 0 Å². The van der Waals surface area contributed by atoms with Gasteiger partial charge in [-0.05, 0) is 48.0 Å². The van der Waals surface area contributed by atoms with Crippen molar-refractivity contribution in [1.29, 1.82) is 0 Å². The van der Waals surface area contributed by atoms with Gasteiger partial charge in [0.1, 0.15) is 0 Å². The predicted octanol–water partition coefficient (Wildman–Crippen LogP) is 2.29. The van der Waals surface area contributed by atoms with Crippen molar-refractivity contribution in [2.24, 2.45) is 0 Å². The molecule has 1 atom stereocenters. The molecular weight excluding hydrogens is 274 g/mol. The highest BCUT2D eigenvalue weighted by Crippen LogP contribution is 2.22. The maximum atomic E-state index is 6.13. The molecule has 2 fully saturated rings. The van der Waals surface area contributed by atoms with E-state index >= 15 is 0 Å². The van der Waals surface area contributed by atoms with Crippen LogP contribution in [0.3, 0.4) is 0 Å². The molecule has 0 radical (unpaired) electrons. The quantitative estimate of drug-likeness (QED) is 0.793. The molecule has 0 aliphatic carbocycles. The zero-order chi connectivity index (χ0) is 16.4. The summed E-state index contributed by atoms with van der Waals surface area (Å²) in [6.07, 6.45) is 1.63. The molecule has 2 aliphatic heterocycles. The van der Waals surface area contributed by atoms with Gasteiger partial charge in [0.2, 0.25) is 0 Å². The SMILES string of the molecule is CC(C)(C)N1CCN(CCOC2CCN(C(C)(C)C)C2)CC1. The normalized spacial score (nSPS) is 26.7. The summed E-state index contributed by atoms with van der Waals surface area (Å²) in [5.74, 6) is 0. The largest absolute Gasteiger partial charge is 0.376 e. The molecule has 0 aromatic carbocycles. The van der Waals surface area contributed by atoms with Crippen LogP contribution in [0.15, 0.2) is 0 Å². The van der Waals surface area contributed by atoms with Gasteiger partial charge in [0.25, 0.3) is 0 Å². The molecular formula is C18H37N3O. The summed E-state index contributed by atoms with van der Waals surface area (Å²) < 4.78 is 6.13. The molecule has 2 rings (SSSR count). The minimum absolute atomic E-state index is 0.279. The Hall–Kier alpha value is -0.160. The molecule has 130 valence electrons. The van der Waals surface area contributed by atoms with E-state index in [2.05, 4.69) is 56.2 Å². The summed E-state index contributed by atoms with van der Waals surface area (Å²) >= 11 is 0. The molecule has 0 saturated carbocycles. The molecule has 2 saturated heterocycles. The van der Waals surface area contributed by atoms with Crippen LogP contribution >= 0.6 is 0 Å². The first-order chi connectivity index (χ1) is 10.2. The van der Waals surface area contributed by atoms with Gasteiger partial charge in [-0.2, -0.15) is 0 Å². The topological polar surface area (TPSA) is 19.0 Å². The van der Waals surface area contributed by atoms with Gasteiger partial charge in [-0.1, -0.05) is 0 Å². The van der Waals surface area contributed by atoms with Gasteiger partial charge < -0.3 is 4.74 Å². The van der Waals surface area contributed by atoms with Crippen molar-refractivity contribution in [3.8, 4) is 0 Å². The molecule has 2 aliphatic rings. The molecule has 2 heterocycles. The molecule has 0 spiro atoms. The van der Waals surface area contributed by atoms with Crippen molar-refractivity contribution < 1.29 is 4.74 Å². The van der Waals surface area contributed by atoms with Gasteiger partial charge in [0.15, 0.2) is 0 Å². The van der Waals surface area contributed by atoms with Crippen molar-refractivity contribution in [3.05, 3.63) is 0 Å². The van der Waals surface area contributed by atoms with Crippen molar-refractivity contribution in [2.45, 2.75) is 65.1 Å². The van der Waals surface area contributed by atoms with Crippen molar-refractivity contribution >= 4 is 0 Å². The Kier molecular flexibility index (Phi) is 5.92. The van der Waals surface area contributed by atoms with Gasteiger partial charge >= 0.3 is 0 Å². The van der Waals surface area contributed by atoms with E-state index in [0.717, 1.165) is 19.7 Å². The maximum absolute atomic E-state index is 6.13. The highest BCUT2D eigenvalue weighted by atomic mass is 16.5. The lowest BCUT2D eigenvalue weighted by molar-refractivity contribution is 0.0149. The fourth-order valence-electron chi connectivity index (χ4n) is 3.46. The second kappa shape index (κ2) is 7.16. The number of nitrogens with zero attached hydrogens (tertiary/aromatic N) is 3. The Morgan fingerprint density at radius 3 is 1.91 bits per heavy atom. The molecule has 0 N–H and O–H groups in total. The molecule has 0 aromatic rings. The number of piperazine rings is 1. The second-order valence-electron chi connectivity index (χ2n) is 8.90. The summed E-state index contributed by atoms with van der Waals surface area (Å²) in [5, 5.41) is 0. The standard InChI is InChI=1S/C18H37N3O/c1-17(2,3)20-11-9-19(10-12-20)13-14-22-16-7-8-21(15-16)18(4,5)6/h16H,7-15H2,1-6H3. The average molecular weight is 312 g/mol. The van der Waals surface area contributed by atoms with Crippen LogP contribution in [0.25, 0.3) is 0 Å². The van der Waals surface area contributed by atoms with E-state index < -0.39 is 0 Å². The average Bonchev–Trinajstić information content (AvgIpc) is 2.87. The van der Waals surface area contributed by atoms with E-state index in [9.17, 15) is 0 Å². The van der Waals surface area contributed by atoms with E-state index in [1.807, 2.05) is 0 Å². The monoisotopic (exact) mass is 311 g/mol. The number of hydrogen-bond donors (Lipinski definition) is 0. The number of ether oxygens (including phenoxy) is 1. The Bertz CT molecular complexity index is 337. The molecule has 0 bridgehead atoms. The van der Waals surface area contributed by atoms with Crippen LogP contribution in [0.4, 0.5) is 0 Å². The Balaban J connectivity index is 1.61. The minimum Gasteiger partial charge on any atom is -0.376 e. The minimum atomic E-state index is 0.279. The van der Waals surface area contributed by atoms with Crippen LogP contribution in [0, 0.1) is 0 Å². The molecule has 22 heavy (non-hydrogen) atoms. The lowest BCUT2D eigenvalue weighted by Gasteiger charge is -2.42. The van der Waals surface area contributed by atoms with Gasteiger partial charge in [-0.25, -0.2) is 0 Å². The summed E-state index contributed by atoms with van der Waals surface area (Å²) in [6, 6.07) is 0. The van der Waals surface area contributed by atoms with Crippen LogP contribution < -0.4 is 0 Å². The highest BCUT2D eigenvalue weighted by molar-refractivity contribution is 4.85. The van der Waals surface area contributed by atoms with E-state index in [4.69, 9.17) is 4.74 Å². The Morgan fingerprint density at radius 2 is 1.41 bits per heavy atom. The first-order valence-electron chi connectivity index (χ1n) is 9.00. The van der Waals surface area contributed by atoms with E-state index in [-0.39, 0.29) is 5.54 Å². The fraction of sp³-hybridized carbons (Fsp3) is 1.00. The number of rotatable bonds is 4. The smallest absolute Gasteiger partial charge is 0.0715 e. The van der Waals surface area contributed by atoms with Crippen LogP contribution in [0.2, 0.25) is 0 Å². The van der Waals surface area contributed by atoms with Crippen LogP contribution in [-0.2, 0) is 4.74 Å². The summed E-state index contributed by atoms with van der Waals surface area (Å²) in [7, 11) is 0. The van der Waals surface area contributed by atoms with Gasteiger partial charge in [0, 0.05) is 56.9 Å². The van der Waals surface area contributed by atoms with Gasteiger partial charge in [0.05, 0.1) is 12.7 Å². The van der Waals surface area contributed by atoms with Crippen LogP contribution in [0.5, 0.6) is 0 Å². The Labute approximate surface area is 137 Å². The van der Waals surface area contributed by atoms with Gasteiger partial charge in [-0.3, -0.25) is 14.7 Å². The summed E-state index contributed by atoms with van der Waals surface area (Å²) in [5.41, 5.74) is 0.588. The van der Waals surface area contributed by atoms with Crippen LogP contribution in [0.1, 0.15) is 48.0 Å². The maximum Gasteiger partial charge on any atom is 0.0715 e. The number of hydrogen-bond acceptors (Lipinski definition) is 4. The van der Waals surface area contributed by atoms with Crippen molar-refractivity contribution in [3.63, 3.8) is 0 Å². The van der Waals surface area contributed by atoms with Crippen molar-refractivity contribution in [1.82, 2.24) is 14.7 Å². The van der Waals surface area contributed by atoms with E-state index in [1.165, 1.54) is 39.1 Å². The molecule has 0 aromatic heterocycles. The fourth-order valence-corrected chi connectivity index (χ4v) is 3.46. The molecule has 4 nitrogen and oxygen atoms in total. The Morgan fingerprint density at radius 1 is 0.818 bits per heavy atom. The zero-order valence-corrected chi connectivity index (χ0v) is 15.7.